The van der Waals surface area contributed by atoms with Crippen LogP contribution in [-0.2, 0) is 5.41 Å². The van der Waals surface area contributed by atoms with Crippen molar-refractivity contribution in [1.29, 1.82) is 0 Å². The van der Waals surface area contributed by atoms with Crippen molar-refractivity contribution in [2.45, 2.75) is 19.3 Å². The first-order valence-electron chi connectivity index (χ1n) is 20.1. The molecule has 1 aromatic heterocycles. The topological polar surface area (TPSA) is 16.1 Å². The number of rotatable bonds is 6. The Morgan fingerprint density at radius 3 is 1.67 bits per heavy atom. The minimum Gasteiger partial charge on any atom is -0.295 e. The van der Waals surface area contributed by atoms with Crippen LogP contribution in [0.25, 0.3) is 76.8 Å². The lowest BCUT2D eigenvalue weighted by Crippen LogP contribution is -2.17. The van der Waals surface area contributed by atoms with Crippen LogP contribution in [0, 0.1) is 0 Å². The molecule has 0 spiro atoms. The van der Waals surface area contributed by atoms with Gasteiger partial charge in [-0.1, -0.05) is 172 Å². The second-order valence-corrected chi connectivity index (χ2v) is 15.9. The van der Waals surface area contributed by atoms with E-state index >= 15 is 0 Å². The van der Waals surface area contributed by atoms with Gasteiger partial charge in [0.1, 0.15) is 5.82 Å². The Kier molecular flexibility index (Phi) is 7.87. The van der Waals surface area contributed by atoms with Gasteiger partial charge in [-0.15, -0.1) is 0 Å². The van der Waals surface area contributed by atoms with E-state index in [0.29, 0.717) is 0 Å². The van der Waals surface area contributed by atoms with Gasteiger partial charge in [0.05, 0.1) is 0 Å². The van der Waals surface area contributed by atoms with Gasteiger partial charge in [0.15, 0.2) is 0 Å². The molecule has 274 valence electrons. The Bertz CT molecular complexity index is 3170. The lowest BCUT2D eigenvalue weighted by molar-refractivity contribution is 0.660. The number of aromatic nitrogens is 1. The molecule has 0 fully saturated rings. The largest absolute Gasteiger partial charge is 0.295 e. The second-order valence-electron chi connectivity index (χ2n) is 15.9. The normalized spacial score (nSPS) is 12.8. The highest BCUT2D eigenvalue weighted by atomic mass is 15.2. The first-order valence-corrected chi connectivity index (χ1v) is 20.1. The molecule has 10 aromatic rings. The molecule has 0 amide bonds. The summed E-state index contributed by atoms with van der Waals surface area (Å²) in [7, 11) is 0. The maximum absolute atomic E-state index is 4.96. The summed E-state index contributed by atoms with van der Waals surface area (Å²) in [5.41, 5.74) is 14.6. The molecule has 1 aliphatic rings. The van der Waals surface area contributed by atoms with E-state index in [-0.39, 0.29) is 5.41 Å². The summed E-state index contributed by atoms with van der Waals surface area (Å²) in [5.74, 6) is 0.878. The minimum absolute atomic E-state index is 0.128. The maximum atomic E-state index is 4.96. The summed E-state index contributed by atoms with van der Waals surface area (Å²) in [6, 6.07) is 73.1. The summed E-state index contributed by atoms with van der Waals surface area (Å²) >= 11 is 0. The predicted octanol–water partition coefficient (Wildman–Crippen LogP) is 15.3. The van der Waals surface area contributed by atoms with Gasteiger partial charge in [-0.25, -0.2) is 4.98 Å². The number of pyridine rings is 1. The van der Waals surface area contributed by atoms with Crippen molar-refractivity contribution in [3.8, 4) is 44.5 Å². The van der Waals surface area contributed by atoms with Gasteiger partial charge in [-0.3, -0.25) is 4.90 Å². The van der Waals surface area contributed by atoms with Crippen LogP contribution < -0.4 is 4.90 Å². The molecule has 2 heteroatoms. The molecule has 2 nitrogen and oxygen atoms in total. The molecular weight excluding hydrogens is 701 g/mol. The van der Waals surface area contributed by atoms with Gasteiger partial charge >= 0.3 is 0 Å². The number of anilines is 3. The van der Waals surface area contributed by atoms with Crippen LogP contribution in [0.4, 0.5) is 17.2 Å². The summed E-state index contributed by atoms with van der Waals surface area (Å²) in [4.78, 5) is 7.29. The van der Waals surface area contributed by atoms with Crippen molar-refractivity contribution in [3.05, 3.63) is 218 Å². The molecule has 9 aromatic carbocycles. The quantitative estimate of drug-likeness (QED) is 0.158. The zero-order valence-corrected chi connectivity index (χ0v) is 32.5. The van der Waals surface area contributed by atoms with Crippen molar-refractivity contribution in [2.24, 2.45) is 0 Å². The Morgan fingerprint density at radius 1 is 0.379 bits per heavy atom. The lowest BCUT2D eigenvalue weighted by Gasteiger charge is -2.28. The molecule has 1 heterocycles. The molecule has 0 saturated carbocycles. The molecule has 0 N–H and O–H groups in total. The smallest absolute Gasteiger partial charge is 0.137 e. The van der Waals surface area contributed by atoms with Gasteiger partial charge in [0.2, 0.25) is 0 Å². The SMILES string of the molecule is CC1(C)c2ccccc2-c2ccc(N(c3ccc4c(c3)c3ccccc3c3c(-c5ccccc5)cc(-c5ccccc5)c(-c5ccccc5)c43)c3ccccn3)cc21. The average molecular weight is 741 g/mol. The van der Waals surface area contributed by atoms with E-state index in [1.54, 1.807) is 0 Å². The van der Waals surface area contributed by atoms with E-state index in [0.717, 1.165) is 17.2 Å². The number of benzene rings is 9. The van der Waals surface area contributed by atoms with Crippen LogP contribution in [0.5, 0.6) is 0 Å². The van der Waals surface area contributed by atoms with Crippen LogP contribution in [-0.4, -0.2) is 4.98 Å². The van der Waals surface area contributed by atoms with Gasteiger partial charge in [0, 0.05) is 23.0 Å². The molecule has 0 atom stereocenters. The molecule has 0 unspecified atom stereocenters. The first-order chi connectivity index (χ1) is 28.6. The third-order valence-corrected chi connectivity index (χ3v) is 12.3. The summed E-state index contributed by atoms with van der Waals surface area (Å²) in [6.07, 6.45) is 1.89. The number of hydrogen-bond donors (Lipinski definition) is 0. The zero-order chi connectivity index (χ0) is 38.8. The van der Waals surface area contributed by atoms with E-state index in [1.165, 1.54) is 88.0 Å². The molecular formula is C56H40N2. The highest BCUT2D eigenvalue weighted by molar-refractivity contribution is 6.33. The molecule has 11 rings (SSSR count). The highest BCUT2D eigenvalue weighted by Gasteiger charge is 2.36. The van der Waals surface area contributed by atoms with E-state index in [2.05, 4.69) is 213 Å². The Balaban J connectivity index is 1.24. The van der Waals surface area contributed by atoms with Crippen LogP contribution in [0.1, 0.15) is 25.0 Å². The third-order valence-electron chi connectivity index (χ3n) is 12.3. The minimum atomic E-state index is -0.128. The Hall–Kier alpha value is -7.29. The fraction of sp³-hybridized carbons (Fsp3) is 0.0536. The van der Waals surface area contributed by atoms with Crippen LogP contribution in [0.2, 0.25) is 0 Å². The van der Waals surface area contributed by atoms with Crippen molar-refractivity contribution >= 4 is 49.5 Å². The number of fused-ring (bicyclic) bond motifs is 9. The number of nitrogens with zero attached hydrogens (tertiary/aromatic N) is 2. The van der Waals surface area contributed by atoms with Crippen LogP contribution in [0.15, 0.2) is 206 Å². The summed E-state index contributed by atoms with van der Waals surface area (Å²) < 4.78 is 0. The maximum Gasteiger partial charge on any atom is 0.137 e. The highest BCUT2D eigenvalue weighted by Crippen LogP contribution is 2.52. The van der Waals surface area contributed by atoms with E-state index in [4.69, 9.17) is 4.98 Å². The lowest BCUT2D eigenvalue weighted by atomic mass is 9.81. The van der Waals surface area contributed by atoms with Crippen molar-refractivity contribution < 1.29 is 0 Å². The predicted molar refractivity (Wildman–Crippen MR) is 245 cm³/mol. The molecule has 0 saturated heterocycles. The molecule has 0 radical (unpaired) electrons. The summed E-state index contributed by atoms with van der Waals surface area (Å²) in [5, 5.41) is 7.41. The Labute approximate surface area is 339 Å². The fourth-order valence-corrected chi connectivity index (χ4v) is 9.61. The van der Waals surface area contributed by atoms with E-state index < -0.39 is 0 Å². The van der Waals surface area contributed by atoms with Gasteiger partial charge < -0.3 is 0 Å². The van der Waals surface area contributed by atoms with Crippen molar-refractivity contribution in [1.82, 2.24) is 4.98 Å². The first kappa shape index (κ1) is 34.0. The standard InChI is InChI=1S/C56H40N2/c1-56(2)50-27-15-14-25-43(50)44-31-29-41(35-51(44)56)58(52-28-16-17-33-57-52)40-30-32-46-49(34-40)42-24-12-13-26-45(42)54-48(38-20-8-4-9-21-38)36-47(37-18-6-3-7-19-37)53(55(46)54)39-22-10-5-11-23-39/h3-36H,1-2H3. The zero-order valence-electron chi connectivity index (χ0n) is 32.5. The van der Waals surface area contributed by atoms with Crippen molar-refractivity contribution in [3.63, 3.8) is 0 Å². The van der Waals surface area contributed by atoms with Crippen LogP contribution in [0.3, 0.4) is 0 Å². The fourth-order valence-electron chi connectivity index (χ4n) is 9.61. The van der Waals surface area contributed by atoms with Gasteiger partial charge in [-0.05, 0) is 130 Å². The van der Waals surface area contributed by atoms with Gasteiger partial charge in [-0.2, -0.15) is 0 Å². The third kappa shape index (κ3) is 5.29. The molecule has 1 aliphatic carbocycles. The molecule has 0 bridgehead atoms. The second kappa shape index (κ2) is 13.4. The average Bonchev–Trinajstić information content (AvgIpc) is 3.52. The van der Waals surface area contributed by atoms with Gasteiger partial charge in [0.25, 0.3) is 0 Å². The van der Waals surface area contributed by atoms with E-state index in [9.17, 15) is 0 Å². The molecule has 58 heavy (non-hydrogen) atoms. The summed E-state index contributed by atoms with van der Waals surface area (Å²) in [6.45, 7) is 4.69. The monoisotopic (exact) mass is 740 g/mol. The molecule has 0 aliphatic heterocycles. The van der Waals surface area contributed by atoms with E-state index in [1.807, 2.05) is 12.3 Å². The Morgan fingerprint density at radius 2 is 0.948 bits per heavy atom. The van der Waals surface area contributed by atoms with Crippen LogP contribution >= 0.6 is 0 Å². The van der Waals surface area contributed by atoms with Crippen molar-refractivity contribution in [2.75, 3.05) is 4.90 Å². The number of hydrogen-bond acceptors (Lipinski definition) is 2.